The summed E-state index contributed by atoms with van der Waals surface area (Å²) in [5.74, 6) is -0.192. The molecule has 1 heterocycles. The number of halogens is 1. The summed E-state index contributed by atoms with van der Waals surface area (Å²) in [5, 5.41) is 3.29. The van der Waals surface area contributed by atoms with Crippen molar-refractivity contribution in [3.05, 3.63) is 29.8 Å². The van der Waals surface area contributed by atoms with Crippen LogP contribution in [0.25, 0.3) is 0 Å². The van der Waals surface area contributed by atoms with Crippen molar-refractivity contribution < 1.29 is 4.39 Å². The molecule has 0 unspecified atom stereocenters. The topological polar surface area (TPSA) is 24.9 Å². The summed E-state index contributed by atoms with van der Waals surface area (Å²) in [6, 6.07) is 1.75. The van der Waals surface area contributed by atoms with E-state index in [4.69, 9.17) is 0 Å². The number of hydrogen-bond donors (Lipinski definition) is 1. The zero-order chi connectivity index (χ0) is 10.2. The average molecular weight is 196 g/mol. The van der Waals surface area contributed by atoms with E-state index in [0.29, 0.717) is 0 Å². The van der Waals surface area contributed by atoms with Crippen LogP contribution in [-0.4, -0.2) is 18.1 Å². The Bertz CT molecular complexity index is 263. The molecule has 0 aliphatic carbocycles. The maximum absolute atomic E-state index is 13.1. The van der Waals surface area contributed by atoms with Crippen molar-refractivity contribution >= 4 is 0 Å². The summed E-state index contributed by atoms with van der Waals surface area (Å²) in [6.45, 7) is 4.13. The Morgan fingerprint density at radius 2 is 2.29 bits per heavy atom. The molecule has 1 aromatic rings. The first-order chi connectivity index (χ1) is 6.84. The molecule has 0 saturated heterocycles. The minimum Gasteiger partial charge on any atom is -0.317 e. The third kappa shape index (κ3) is 3.83. The summed E-state index contributed by atoms with van der Waals surface area (Å²) in [5.41, 5.74) is 0.762. The van der Waals surface area contributed by atoms with Crippen LogP contribution in [-0.2, 0) is 6.42 Å². The fraction of sp³-hybridized carbons (Fsp3) is 0.545. The lowest BCUT2D eigenvalue weighted by Gasteiger charge is -2.03. The van der Waals surface area contributed by atoms with E-state index >= 15 is 0 Å². The van der Waals surface area contributed by atoms with Crippen LogP contribution >= 0.6 is 0 Å². The van der Waals surface area contributed by atoms with E-state index in [1.165, 1.54) is 6.20 Å². The highest BCUT2D eigenvalue weighted by atomic mass is 19.1. The van der Waals surface area contributed by atoms with Gasteiger partial charge in [-0.3, -0.25) is 4.98 Å². The molecule has 0 aromatic carbocycles. The van der Waals surface area contributed by atoms with Crippen LogP contribution in [0.3, 0.4) is 0 Å². The number of aromatic nitrogens is 1. The fourth-order valence-electron chi connectivity index (χ4n) is 1.31. The van der Waals surface area contributed by atoms with Crippen molar-refractivity contribution in [1.29, 1.82) is 0 Å². The van der Waals surface area contributed by atoms with E-state index in [-0.39, 0.29) is 5.82 Å². The third-order valence-corrected chi connectivity index (χ3v) is 2.08. The molecule has 2 nitrogen and oxygen atoms in total. The maximum atomic E-state index is 13.1. The number of pyridine rings is 1. The van der Waals surface area contributed by atoms with Crippen molar-refractivity contribution in [2.45, 2.75) is 26.2 Å². The van der Waals surface area contributed by atoms with Gasteiger partial charge in [0.15, 0.2) is 0 Å². The number of nitrogens with one attached hydrogen (secondary N) is 1. The van der Waals surface area contributed by atoms with Gasteiger partial charge >= 0.3 is 0 Å². The molecule has 0 atom stereocenters. The SMILES string of the molecule is CCCNCCCc1ccncc1F. The molecule has 0 spiro atoms. The Hall–Kier alpha value is -0.960. The van der Waals surface area contributed by atoms with Crippen LogP contribution in [0.4, 0.5) is 4.39 Å². The Balaban J connectivity index is 2.21. The van der Waals surface area contributed by atoms with Gasteiger partial charge in [-0.15, -0.1) is 0 Å². The first kappa shape index (κ1) is 11.1. The smallest absolute Gasteiger partial charge is 0.144 e. The van der Waals surface area contributed by atoms with Gasteiger partial charge in [0.05, 0.1) is 6.20 Å². The van der Waals surface area contributed by atoms with E-state index in [0.717, 1.165) is 37.9 Å². The minimum atomic E-state index is -0.192. The fourth-order valence-corrected chi connectivity index (χ4v) is 1.31. The van der Waals surface area contributed by atoms with Gasteiger partial charge in [-0.05, 0) is 44.0 Å². The van der Waals surface area contributed by atoms with Gasteiger partial charge < -0.3 is 5.32 Å². The van der Waals surface area contributed by atoms with Gasteiger partial charge in [0.25, 0.3) is 0 Å². The van der Waals surface area contributed by atoms with Crippen LogP contribution in [0.1, 0.15) is 25.3 Å². The monoisotopic (exact) mass is 196 g/mol. The lowest BCUT2D eigenvalue weighted by atomic mass is 10.1. The summed E-state index contributed by atoms with van der Waals surface area (Å²) < 4.78 is 13.1. The van der Waals surface area contributed by atoms with Gasteiger partial charge in [-0.25, -0.2) is 4.39 Å². The molecule has 14 heavy (non-hydrogen) atoms. The van der Waals surface area contributed by atoms with E-state index in [1.54, 1.807) is 12.3 Å². The van der Waals surface area contributed by atoms with E-state index < -0.39 is 0 Å². The Labute approximate surface area is 84.6 Å². The lowest BCUT2D eigenvalue weighted by molar-refractivity contribution is 0.587. The van der Waals surface area contributed by atoms with Crippen LogP contribution in [0.2, 0.25) is 0 Å². The predicted molar refractivity (Wildman–Crippen MR) is 55.7 cm³/mol. The minimum absolute atomic E-state index is 0.192. The van der Waals surface area contributed by atoms with E-state index in [9.17, 15) is 4.39 Å². The zero-order valence-electron chi connectivity index (χ0n) is 8.59. The van der Waals surface area contributed by atoms with E-state index in [2.05, 4.69) is 17.2 Å². The predicted octanol–water partition coefficient (Wildman–Crippen LogP) is 2.15. The van der Waals surface area contributed by atoms with Gasteiger partial charge in [0.2, 0.25) is 0 Å². The molecule has 0 bridgehead atoms. The number of aryl methyl sites for hydroxylation is 1. The zero-order valence-corrected chi connectivity index (χ0v) is 8.59. The molecular weight excluding hydrogens is 179 g/mol. The molecule has 1 rings (SSSR count). The van der Waals surface area contributed by atoms with Gasteiger partial charge in [-0.1, -0.05) is 6.92 Å². The molecule has 0 saturated carbocycles. The number of rotatable bonds is 6. The second-order valence-corrected chi connectivity index (χ2v) is 3.32. The second kappa shape index (κ2) is 6.49. The van der Waals surface area contributed by atoms with Gasteiger partial charge in [0, 0.05) is 6.20 Å². The quantitative estimate of drug-likeness (QED) is 0.705. The molecule has 0 amide bonds. The number of hydrogen-bond acceptors (Lipinski definition) is 2. The van der Waals surface area contributed by atoms with Crippen molar-refractivity contribution in [3.63, 3.8) is 0 Å². The molecular formula is C11H17FN2. The summed E-state index contributed by atoms with van der Waals surface area (Å²) in [6.07, 6.45) is 5.81. The van der Waals surface area contributed by atoms with Crippen LogP contribution in [0.5, 0.6) is 0 Å². The highest BCUT2D eigenvalue weighted by Crippen LogP contribution is 2.06. The van der Waals surface area contributed by atoms with Crippen molar-refractivity contribution in [1.82, 2.24) is 10.3 Å². The van der Waals surface area contributed by atoms with Gasteiger partial charge in [-0.2, -0.15) is 0 Å². The highest BCUT2D eigenvalue weighted by Gasteiger charge is 1.99. The van der Waals surface area contributed by atoms with Crippen LogP contribution in [0.15, 0.2) is 18.5 Å². The van der Waals surface area contributed by atoms with Crippen molar-refractivity contribution in [2.75, 3.05) is 13.1 Å². The first-order valence-electron chi connectivity index (χ1n) is 5.13. The van der Waals surface area contributed by atoms with Crippen LogP contribution < -0.4 is 5.32 Å². The second-order valence-electron chi connectivity index (χ2n) is 3.32. The molecule has 78 valence electrons. The molecule has 1 N–H and O–H groups in total. The molecule has 3 heteroatoms. The summed E-state index contributed by atoms with van der Waals surface area (Å²) >= 11 is 0. The standard InChI is InChI=1S/C11H17FN2/c1-2-6-13-7-3-4-10-5-8-14-9-11(10)12/h5,8-9,13H,2-4,6-7H2,1H3. The highest BCUT2D eigenvalue weighted by molar-refractivity contribution is 5.12. The summed E-state index contributed by atoms with van der Waals surface area (Å²) in [7, 11) is 0. The summed E-state index contributed by atoms with van der Waals surface area (Å²) in [4.78, 5) is 3.71. The molecule has 0 aliphatic heterocycles. The molecule has 1 aromatic heterocycles. The molecule has 0 aliphatic rings. The Morgan fingerprint density at radius 3 is 3.00 bits per heavy atom. The first-order valence-corrected chi connectivity index (χ1v) is 5.13. The largest absolute Gasteiger partial charge is 0.317 e. The normalized spacial score (nSPS) is 10.4. The maximum Gasteiger partial charge on any atom is 0.144 e. The Kier molecular flexibility index (Phi) is 5.15. The van der Waals surface area contributed by atoms with Gasteiger partial charge in [0.1, 0.15) is 5.82 Å². The van der Waals surface area contributed by atoms with Crippen molar-refractivity contribution in [3.8, 4) is 0 Å². The lowest BCUT2D eigenvalue weighted by Crippen LogP contribution is -2.16. The Morgan fingerprint density at radius 1 is 1.43 bits per heavy atom. The van der Waals surface area contributed by atoms with Crippen LogP contribution in [0, 0.1) is 5.82 Å². The van der Waals surface area contributed by atoms with E-state index in [1.807, 2.05) is 0 Å². The third-order valence-electron chi connectivity index (χ3n) is 2.08. The van der Waals surface area contributed by atoms with Crippen molar-refractivity contribution in [2.24, 2.45) is 0 Å². The molecule has 0 radical (unpaired) electrons. The number of nitrogens with zero attached hydrogens (tertiary/aromatic N) is 1. The molecule has 0 fully saturated rings. The average Bonchev–Trinajstić information content (AvgIpc) is 2.20.